The third-order valence-electron chi connectivity index (χ3n) is 4.78. The van der Waals surface area contributed by atoms with E-state index in [0.717, 1.165) is 27.0 Å². The molecule has 1 spiro atoms. The Morgan fingerprint density at radius 1 is 1.44 bits per heavy atom. The topological polar surface area (TPSA) is 79.8 Å². The van der Waals surface area contributed by atoms with E-state index in [-0.39, 0.29) is 12.1 Å². The molecule has 144 valence electrons. The summed E-state index contributed by atoms with van der Waals surface area (Å²) in [5.41, 5.74) is 1.64. The lowest BCUT2D eigenvalue weighted by molar-refractivity contribution is -0.0159. The number of ether oxygens (including phenoxy) is 1. The smallest absolute Gasteiger partial charge is 0.411 e. The number of aromatic nitrogens is 2. The molecule has 1 aromatic carbocycles. The van der Waals surface area contributed by atoms with E-state index in [1.54, 1.807) is 4.90 Å². The summed E-state index contributed by atoms with van der Waals surface area (Å²) in [5.74, 6) is 0.735. The van der Waals surface area contributed by atoms with Gasteiger partial charge in [0.15, 0.2) is 5.60 Å². The minimum absolute atomic E-state index is 0.257. The summed E-state index contributed by atoms with van der Waals surface area (Å²) in [5, 5.41) is 4.12. The van der Waals surface area contributed by atoms with Gasteiger partial charge >= 0.3 is 6.09 Å². The molecule has 2 aliphatic rings. The summed E-state index contributed by atoms with van der Waals surface area (Å²) in [4.78, 5) is 28.5. The molecule has 27 heavy (non-hydrogen) atoms. The summed E-state index contributed by atoms with van der Waals surface area (Å²) >= 11 is 3.48. The third kappa shape index (κ3) is 3.54. The van der Waals surface area contributed by atoms with E-state index in [1.165, 1.54) is 0 Å². The van der Waals surface area contributed by atoms with Gasteiger partial charge in [0.25, 0.3) is 0 Å². The molecule has 1 amide bonds. The second kappa shape index (κ2) is 6.22. The molecule has 0 unspecified atom stereocenters. The van der Waals surface area contributed by atoms with Crippen molar-refractivity contribution in [3.05, 3.63) is 28.5 Å². The van der Waals surface area contributed by atoms with Gasteiger partial charge in [-0.1, -0.05) is 21.1 Å². The number of H-pyrrole nitrogens is 1. The lowest BCUT2D eigenvalue weighted by Gasteiger charge is -2.27. The van der Waals surface area contributed by atoms with Gasteiger partial charge in [0.1, 0.15) is 11.4 Å². The number of amides is 1. The molecule has 1 saturated heterocycles. The average molecular weight is 435 g/mol. The molecule has 7 nitrogen and oxygen atoms in total. The van der Waals surface area contributed by atoms with Crippen molar-refractivity contribution in [2.75, 3.05) is 6.54 Å². The number of imidazole rings is 1. The van der Waals surface area contributed by atoms with Crippen LogP contribution in [0, 0.1) is 0 Å². The van der Waals surface area contributed by atoms with Crippen LogP contribution in [0.5, 0.6) is 0 Å². The second-order valence-corrected chi connectivity index (χ2v) is 9.30. The normalized spacial score (nSPS) is 25.1. The Hall–Kier alpha value is -2.09. The molecular weight excluding hydrogens is 412 g/mol. The summed E-state index contributed by atoms with van der Waals surface area (Å²) < 4.78 is 6.60. The monoisotopic (exact) mass is 434 g/mol. The Balaban J connectivity index is 1.68. The maximum absolute atomic E-state index is 12.9. The van der Waals surface area contributed by atoms with Gasteiger partial charge in [0, 0.05) is 17.3 Å². The number of oxime groups is 1. The highest BCUT2D eigenvalue weighted by Crippen LogP contribution is 2.44. The zero-order chi connectivity index (χ0) is 19.4. The molecule has 2 aliphatic heterocycles. The summed E-state index contributed by atoms with van der Waals surface area (Å²) in [6.45, 7) is 7.96. The number of fused-ring (bicyclic) bond motifs is 1. The molecule has 4 rings (SSSR count). The number of nitrogens with zero attached hydrogens (tertiary/aromatic N) is 3. The van der Waals surface area contributed by atoms with Crippen molar-refractivity contribution in [2.45, 2.75) is 57.8 Å². The number of likely N-dealkylation sites (tertiary alicyclic amines) is 1. The number of hydrogen-bond donors (Lipinski definition) is 1. The summed E-state index contributed by atoms with van der Waals surface area (Å²) in [7, 11) is 0. The van der Waals surface area contributed by atoms with Crippen LogP contribution in [-0.2, 0) is 9.57 Å². The minimum atomic E-state index is -0.570. The number of aromatic amines is 1. The lowest BCUT2D eigenvalue weighted by Crippen LogP contribution is -2.40. The van der Waals surface area contributed by atoms with Gasteiger partial charge in [0.05, 0.1) is 29.3 Å². The Labute approximate surface area is 166 Å². The van der Waals surface area contributed by atoms with E-state index in [1.807, 2.05) is 45.9 Å². The van der Waals surface area contributed by atoms with Crippen molar-refractivity contribution in [2.24, 2.45) is 5.16 Å². The Kier molecular flexibility index (Phi) is 4.21. The maximum atomic E-state index is 12.9. The molecule has 8 heteroatoms. The SMILES string of the molecule is CC1=NO[C@@]2(C1)C[C@H](c1nc3cc(Br)ccc3[nH]1)N(C(=O)OC(C)(C)C)C2. The molecule has 2 atom stereocenters. The van der Waals surface area contributed by atoms with Crippen molar-refractivity contribution < 1.29 is 14.4 Å². The minimum Gasteiger partial charge on any atom is -0.444 e. The zero-order valence-electron chi connectivity index (χ0n) is 15.9. The van der Waals surface area contributed by atoms with Gasteiger partial charge in [0.2, 0.25) is 0 Å². The number of rotatable bonds is 1. The Morgan fingerprint density at radius 2 is 2.22 bits per heavy atom. The fraction of sp³-hybridized carbons (Fsp3) is 0.526. The average Bonchev–Trinajstić information content (AvgIpc) is 3.22. The van der Waals surface area contributed by atoms with Crippen LogP contribution in [0.1, 0.15) is 52.4 Å². The largest absolute Gasteiger partial charge is 0.444 e. The molecule has 0 radical (unpaired) electrons. The molecule has 1 fully saturated rings. The van der Waals surface area contributed by atoms with Crippen LogP contribution in [0.25, 0.3) is 11.0 Å². The summed E-state index contributed by atoms with van der Waals surface area (Å²) in [6, 6.07) is 5.63. The van der Waals surface area contributed by atoms with Crippen molar-refractivity contribution in [1.29, 1.82) is 0 Å². The van der Waals surface area contributed by atoms with Crippen molar-refractivity contribution in [3.63, 3.8) is 0 Å². The summed E-state index contributed by atoms with van der Waals surface area (Å²) in [6.07, 6.45) is 0.960. The van der Waals surface area contributed by atoms with E-state index < -0.39 is 11.2 Å². The third-order valence-corrected chi connectivity index (χ3v) is 5.27. The van der Waals surface area contributed by atoms with Gasteiger partial charge in [-0.15, -0.1) is 0 Å². The molecule has 0 saturated carbocycles. The van der Waals surface area contributed by atoms with Crippen LogP contribution in [0.2, 0.25) is 0 Å². The number of halogens is 1. The van der Waals surface area contributed by atoms with E-state index in [2.05, 4.69) is 26.1 Å². The number of nitrogens with one attached hydrogen (secondary N) is 1. The molecular formula is C19H23BrN4O3. The van der Waals surface area contributed by atoms with E-state index >= 15 is 0 Å². The highest BCUT2D eigenvalue weighted by molar-refractivity contribution is 9.10. The first-order valence-corrected chi connectivity index (χ1v) is 9.80. The first kappa shape index (κ1) is 18.3. The fourth-order valence-corrected chi connectivity index (χ4v) is 4.11. The highest BCUT2D eigenvalue weighted by Gasteiger charge is 2.53. The van der Waals surface area contributed by atoms with E-state index in [0.29, 0.717) is 19.4 Å². The van der Waals surface area contributed by atoms with Crippen LogP contribution in [0.4, 0.5) is 4.79 Å². The molecule has 0 aliphatic carbocycles. The van der Waals surface area contributed by atoms with Gasteiger partial charge in [-0.2, -0.15) is 0 Å². The predicted octanol–water partition coefficient (Wildman–Crippen LogP) is 4.54. The molecule has 3 heterocycles. The number of carbonyl (C=O) groups is 1. The van der Waals surface area contributed by atoms with Crippen LogP contribution >= 0.6 is 15.9 Å². The Morgan fingerprint density at radius 3 is 2.89 bits per heavy atom. The van der Waals surface area contributed by atoms with Gasteiger partial charge in [-0.3, -0.25) is 4.90 Å². The first-order chi connectivity index (χ1) is 12.6. The standard InChI is InChI=1S/C19H23BrN4O3/c1-11-8-19(27-23-11)9-15(24(10-19)17(25)26-18(2,3)4)16-21-13-6-5-12(20)7-14(13)22-16/h5-7,15H,8-10H2,1-4H3,(H,21,22)/t15-,19+/m1/s1. The number of hydrogen-bond acceptors (Lipinski definition) is 5. The maximum Gasteiger partial charge on any atom is 0.411 e. The van der Waals surface area contributed by atoms with Crippen LogP contribution < -0.4 is 0 Å². The van der Waals surface area contributed by atoms with Crippen molar-refractivity contribution >= 4 is 38.8 Å². The van der Waals surface area contributed by atoms with Gasteiger partial charge in [-0.25, -0.2) is 9.78 Å². The van der Waals surface area contributed by atoms with E-state index in [4.69, 9.17) is 14.6 Å². The van der Waals surface area contributed by atoms with Gasteiger partial charge < -0.3 is 14.6 Å². The predicted molar refractivity (Wildman–Crippen MR) is 106 cm³/mol. The second-order valence-electron chi connectivity index (χ2n) is 8.39. The van der Waals surface area contributed by atoms with Gasteiger partial charge in [-0.05, 0) is 45.9 Å². The molecule has 0 bridgehead atoms. The zero-order valence-corrected chi connectivity index (χ0v) is 17.5. The first-order valence-electron chi connectivity index (χ1n) is 9.01. The van der Waals surface area contributed by atoms with Crippen LogP contribution in [0.3, 0.4) is 0 Å². The highest BCUT2D eigenvalue weighted by atomic mass is 79.9. The lowest BCUT2D eigenvalue weighted by atomic mass is 9.94. The van der Waals surface area contributed by atoms with Crippen molar-refractivity contribution in [3.8, 4) is 0 Å². The quantitative estimate of drug-likeness (QED) is 0.713. The molecule has 2 aromatic rings. The van der Waals surface area contributed by atoms with Crippen LogP contribution in [-0.4, -0.2) is 44.4 Å². The van der Waals surface area contributed by atoms with Crippen molar-refractivity contribution in [1.82, 2.24) is 14.9 Å². The molecule has 1 N–H and O–H groups in total. The molecule has 1 aromatic heterocycles. The van der Waals surface area contributed by atoms with Crippen LogP contribution in [0.15, 0.2) is 27.8 Å². The fourth-order valence-electron chi connectivity index (χ4n) is 3.76. The van der Waals surface area contributed by atoms with E-state index in [9.17, 15) is 4.79 Å². The number of carbonyl (C=O) groups excluding carboxylic acids is 1. The number of benzene rings is 1. The Bertz CT molecular complexity index is 933.